The standard InChI is InChI=1S/C26H34O6.HOP/c1-5-6-7-8-9-13-16-32-26(28)23(19-14-11-10-12-15-19)25(27)24-21(30-3)17-20(29-2)18-22(24)31-4;1-2/h10-12,14-15,17-18,23H,5-9,13,16H2,1-4H3;2H. The number of benzene rings is 2. The number of hydrogen-bond acceptors (Lipinski definition) is 7. The average molecular weight is 491 g/mol. The summed E-state index contributed by atoms with van der Waals surface area (Å²) in [7, 11) is 6.15. The second-order valence-electron chi connectivity index (χ2n) is 7.55. The Kier molecular flexibility index (Phi) is 14.3. The summed E-state index contributed by atoms with van der Waals surface area (Å²) in [5.74, 6) is -1.11. The summed E-state index contributed by atoms with van der Waals surface area (Å²) in [6.45, 7) is 2.47. The molecule has 0 aliphatic rings. The lowest BCUT2D eigenvalue weighted by molar-refractivity contribution is -0.144. The van der Waals surface area contributed by atoms with Gasteiger partial charge in [0.25, 0.3) is 0 Å². The van der Waals surface area contributed by atoms with E-state index in [1.807, 2.05) is 6.07 Å². The number of carbonyl (C=O) groups is 2. The maximum Gasteiger partial charge on any atom is 0.321 e. The first-order valence-corrected chi connectivity index (χ1v) is 11.7. The van der Waals surface area contributed by atoms with E-state index < -0.39 is 17.7 Å². The van der Waals surface area contributed by atoms with Crippen molar-refractivity contribution >= 4 is 20.9 Å². The molecule has 1 unspecified atom stereocenters. The number of carbonyl (C=O) groups excluding carboxylic acids is 2. The van der Waals surface area contributed by atoms with Crippen LogP contribution in [-0.4, -0.2) is 39.7 Å². The molecule has 2 rings (SSSR count). The molecule has 8 heteroatoms. The van der Waals surface area contributed by atoms with Gasteiger partial charge in [-0.3, -0.25) is 14.2 Å². The van der Waals surface area contributed by atoms with Crippen molar-refractivity contribution in [2.24, 2.45) is 0 Å². The molecule has 0 fully saturated rings. The fourth-order valence-corrected chi connectivity index (χ4v) is 3.57. The molecule has 0 saturated heterocycles. The molecule has 0 saturated carbocycles. The molecule has 1 atom stereocenters. The van der Waals surface area contributed by atoms with E-state index in [1.165, 1.54) is 40.6 Å². The first-order chi connectivity index (χ1) is 16.6. The summed E-state index contributed by atoms with van der Waals surface area (Å²) in [6.07, 6.45) is 6.49. The molecule has 2 aromatic carbocycles. The number of ether oxygens (including phenoxy) is 4. The molecule has 186 valence electrons. The highest BCUT2D eigenvalue weighted by Crippen LogP contribution is 2.37. The summed E-state index contributed by atoms with van der Waals surface area (Å²) >= 11 is 0. The molecular formula is C26H35O7P. The maximum absolute atomic E-state index is 13.7. The third-order valence-corrected chi connectivity index (χ3v) is 5.33. The highest BCUT2D eigenvalue weighted by Gasteiger charge is 2.35. The molecule has 34 heavy (non-hydrogen) atoms. The van der Waals surface area contributed by atoms with Crippen LogP contribution in [0.4, 0.5) is 0 Å². The lowest BCUT2D eigenvalue weighted by Gasteiger charge is -2.19. The van der Waals surface area contributed by atoms with E-state index in [4.69, 9.17) is 23.5 Å². The van der Waals surface area contributed by atoms with Gasteiger partial charge in [0, 0.05) is 12.1 Å². The van der Waals surface area contributed by atoms with Crippen LogP contribution in [0.15, 0.2) is 42.5 Å². The van der Waals surface area contributed by atoms with Crippen LogP contribution in [0.3, 0.4) is 0 Å². The van der Waals surface area contributed by atoms with Crippen LogP contribution < -0.4 is 14.2 Å². The first-order valence-electron chi connectivity index (χ1n) is 11.3. The molecule has 0 N–H and O–H groups in total. The van der Waals surface area contributed by atoms with Gasteiger partial charge in [0.05, 0.1) is 27.9 Å². The van der Waals surface area contributed by atoms with Crippen LogP contribution in [0.1, 0.15) is 67.3 Å². The molecule has 0 aromatic heterocycles. The second kappa shape index (κ2) is 16.7. The minimum absolute atomic E-state index is 0.182. The van der Waals surface area contributed by atoms with E-state index in [-0.39, 0.29) is 17.1 Å². The average Bonchev–Trinajstić information content (AvgIpc) is 2.89. The van der Waals surface area contributed by atoms with Crippen LogP contribution in [0.25, 0.3) is 0 Å². The summed E-state index contributed by atoms with van der Waals surface area (Å²) in [6, 6.07) is 12.1. The van der Waals surface area contributed by atoms with Crippen molar-refractivity contribution in [1.82, 2.24) is 0 Å². The van der Waals surface area contributed by atoms with Gasteiger partial charge in [-0.05, 0) is 12.0 Å². The number of esters is 1. The lowest BCUT2D eigenvalue weighted by atomic mass is 9.89. The predicted molar refractivity (Wildman–Crippen MR) is 133 cm³/mol. The molecular weight excluding hydrogens is 455 g/mol. The zero-order valence-electron chi connectivity index (χ0n) is 20.4. The lowest BCUT2D eigenvalue weighted by Crippen LogP contribution is -2.25. The summed E-state index contributed by atoms with van der Waals surface area (Å²) < 4.78 is 29.7. The number of Topliss-reactive ketones (excluding diaryl/α,β-unsaturated/α-hetero) is 1. The number of ketones is 1. The molecule has 2 aromatic rings. The molecule has 0 heterocycles. The van der Waals surface area contributed by atoms with Crippen molar-refractivity contribution in [3.8, 4) is 17.2 Å². The van der Waals surface area contributed by atoms with Crippen molar-refractivity contribution in [3.05, 3.63) is 53.6 Å². The third-order valence-electron chi connectivity index (χ3n) is 5.33. The van der Waals surface area contributed by atoms with Gasteiger partial charge in [-0.1, -0.05) is 69.4 Å². The Balaban J connectivity index is 0.00000281. The van der Waals surface area contributed by atoms with E-state index in [1.54, 1.807) is 45.5 Å². The third kappa shape index (κ3) is 8.45. The maximum atomic E-state index is 13.7. The Morgan fingerprint density at radius 1 is 0.824 bits per heavy atom. The fraction of sp³-hybridized carbons (Fsp3) is 0.462. The smallest absolute Gasteiger partial charge is 0.321 e. The van der Waals surface area contributed by atoms with Crippen molar-refractivity contribution in [2.75, 3.05) is 27.9 Å². The monoisotopic (exact) mass is 490 g/mol. The Hall–Kier alpha value is -2.92. The van der Waals surface area contributed by atoms with Crippen molar-refractivity contribution in [1.29, 1.82) is 0 Å². The van der Waals surface area contributed by atoms with E-state index in [0.717, 1.165) is 19.3 Å². The van der Waals surface area contributed by atoms with Gasteiger partial charge >= 0.3 is 5.97 Å². The fourth-order valence-electron chi connectivity index (χ4n) is 3.57. The highest BCUT2D eigenvalue weighted by atomic mass is 31.0. The molecule has 7 nitrogen and oxygen atoms in total. The molecule has 0 bridgehead atoms. The van der Waals surface area contributed by atoms with Gasteiger partial charge in [-0.25, -0.2) is 0 Å². The zero-order chi connectivity index (χ0) is 25.3. The van der Waals surface area contributed by atoms with Gasteiger partial charge in [0.1, 0.15) is 37.8 Å². The highest BCUT2D eigenvalue weighted by molar-refractivity contribution is 7.00. The van der Waals surface area contributed by atoms with E-state index in [0.29, 0.717) is 17.9 Å². The number of hydrogen-bond donors (Lipinski definition) is 0. The second-order valence-corrected chi connectivity index (χ2v) is 7.55. The molecule has 0 spiro atoms. The van der Waals surface area contributed by atoms with E-state index in [2.05, 4.69) is 6.92 Å². The van der Waals surface area contributed by atoms with Crippen LogP contribution in [0, 0.1) is 0 Å². The van der Waals surface area contributed by atoms with Gasteiger partial charge in [-0.15, -0.1) is 0 Å². The number of rotatable bonds is 14. The van der Waals surface area contributed by atoms with E-state index in [9.17, 15) is 9.59 Å². The minimum atomic E-state index is -1.12. The van der Waals surface area contributed by atoms with Gasteiger partial charge < -0.3 is 18.9 Å². The minimum Gasteiger partial charge on any atom is -0.496 e. The molecule has 0 amide bonds. The van der Waals surface area contributed by atoms with Crippen LogP contribution >= 0.6 is 9.12 Å². The van der Waals surface area contributed by atoms with Gasteiger partial charge in [0.15, 0.2) is 5.78 Å². The quantitative estimate of drug-likeness (QED) is 0.105. The van der Waals surface area contributed by atoms with Crippen LogP contribution in [-0.2, 0) is 14.1 Å². The normalized spacial score (nSPS) is 10.9. The van der Waals surface area contributed by atoms with Crippen molar-refractivity contribution in [2.45, 2.75) is 51.4 Å². The van der Waals surface area contributed by atoms with Crippen LogP contribution in [0.2, 0.25) is 0 Å². The topological polar surface area (TPSA) is 88.1 Å². The number of methoxy groups -OCH3 is 3. The first kappa shape index (κ1) is 29.1. The Morgan fingerprint density at radius 2 is 1.38 bits per heavy atom. The number of unbranched alkanes of at least 4 members (excludes halogenated alkanes) is 5. The molecule has 0 radical (unpaired) electrons. The van der Waals surface area contributed by atoms with Crippen molar-refractivity contribution < 1.29 is 33.1 Å². The summed E-state index contributed by atoms with van der Waals surface area (Å²) in [4.78, 5) is 26.7. The Labute approximate surface area is 204 Å². The Morgan fingerprint density at radius 3 is 1.91 bits per heavy atom. The van der Waals surface area contributed by atoms with Crippen LogP contribution in [0.5, 0.6) is 17.2 Å². The van der Waals surface area contributed by atoms with Crippen molar-refractivity contribution in [3.63, 3.8) is 0 Å². The predicted octanol–water partition coefficient (Wildman–Crippen LogP) is 6.06. The summed E-state index contributed by atoms with van der Waals surface area (Å²) in [5, 5.41) is 0. The largest absolute Gasteiger partial charge is 0.496 e. The van der Waals surface area contributed by atoms with E-state index >= 15 is 0 Å². The summed E-state index contributed by atoms with van der Waals surface area (Å²) in [5.41, 5.74) is 0.742. The van der Waals surface area contributed by atoms with Gasteiger partial charge in [0.2, 0.25) is 0 Å². The zero-order valence-corrected chi connectivity index (χ0v) is 21.4. The molecule has 0 aliphatic carbocycles. The SMILES string of the molecule is CCCCCCCCOC(=O)C(C(=O)c1c(OC)cc(OC)cc1OC)c1ccccc1.O=P. The molecule has 0 aliphatic heterocycles. The van der Waals surface area contributed by atoms with Gasteiger partial charge in [-0.2, -0.15) is 0 Å². The Bertz CT molecular complexity index is 861.